The van der Waals surface area contributed by atoms with Crippen LogP contribution in [-0.2, 0) is 0 Å². The van der Waals surface area contributed by atoms with Crippen molar-refractivity contribution in [2.75, 3.05) is 33.2 Å². The van der Waals surface area contributed by atoms with E-state index in [1.807, 2.05) is 29.2 Å². The van der Waals surface area contributed by atoms with Gasteiger partial charge in [0.25, 0.3) is 5.91 Å². The molecule has 0 bridgehead atoms. The van der Waals surface area contributed by atoms with E-state index in [1.54, 1.807) is 18.7 Å². The van der Waals surface area contributed by atoms with Gasteiger partial charge >= 0.3 is 0 Å². The zero-order valence-corrected chi connectivity index (χ0v) is 16.0. The number of fused-ring (bicyclic) bond motifs is 1. The quantitative estimate of drug-likeness (QED) is 0.648. The first-order valence-corrected chi connectivity index (χ1v) is 9.24. The Bertz CT molecular complexity index is 969. The van der Waals surface area contributed by atoms with Crippen LogP contribution in [-0.4, -0.2) is 63.9 Å². The molecule has 0 aliphatic carbocycles. The lowest BCUT2D eigenvalue weighted by molar-refractivity contribution is 0.0663. The molecule has 6 nitrogen and oxygen atoms in total. The van der Waals surface area contributed by atoms with E-state index in [2.05, 4.69) is 42.8 Å². The SMILES string of the molecule is CN1CCN(C(=O)c2cncc(-c3ncnc4ccc(Br)cc34)c2)CC1. The Morgan fingerprint density at radius 3 is 2.69 bits per heavy atom. The van der Waals surface area contributed by atoms with Crippen LogP contribution in [0.4, 0.5) is 0 Å². The summed E-state index contributed by atoms with van der Waals surface area (Å²) < 4.78 is 0.957. The Balaban J connectivity index is 1.70. The number of rotatable bonds is 2. The van der Waals surface area contributed by atoms with Crippen LogP contribution in [0, 0.1) is 0 Å². The average Bonchev–Trinajstić information content (AvgIpc) is 2.67. The number of carbonyl (C=O) groups excluding carboxylic acids is 1. The summed E-state index contributed by atoms with van der Waals surface area (Å²) in [7, 11) is 2.07. The van der Waals surface area contributed by atoms with Gasteiger partial charge in [-0.2, -0.15) is 0 Å². The highest BCUT2D eigenvalue weighted by molar-refractivity contribution is 9.10. The monoisotopic (exact) mass is 411 g/mol. The summed E-state index contributed by atoms with van der Waals surface area (Å²) in [5, 5.41) is 0.924. The van der Waals surface area contributed by atoms with Gasteiger partial charge in [0.15, 0.2) is 0 Å². The predicted molar refractivity (Wildman–Crippen MR) is 104 cm³/mol. The molecule has 132 valence electrons. The number of hydrogen-bond donors (Lipinski definition) is 0. The molecule has 1 amide bonds. The molecule has 0 spiro atoms. The number of carbonyl (C=O) groups is 1. The fourth-order valence-electron chi connectivity index (χ4n) is 3.14. The Hall–Kier alpha value is -2.38. The van der Waals surface area contributed by atoms with Gasteiger partial charge < -0.3 is 9.80 Å². The van der Waals surface area contributed by atoms with Crippen molar-refractivity contribution >= 4 is 32.7 Å². The Morgan fingerprint density at radius 1 is 1.08 bits per heavy atom. The number of likely N-dealkylation sites (N-methyl/N-ethyl adjacent to an activating group) is 1. The summed E-state index contributed by atoms with van der Waals surface area (Å²) in [6.45, 7) is 3.26. The van der Waals surface area contributed by atoms with Gasteiger partial charge in [-0.25, -0.2) is 9.97 Å². The van der Waals surface area contributed by atoms with Crippen molar-refractivity contribution in [3.05, 3.63) is 53.0 Å². The van der Waals surface area contributed by atoms with Gasteiger partial charge in [-0.15, -0.1) is 0 Å². The normalized spacial score (nSPS) is 15.4. The lowest BCUT2D eigenvalue weighted by Crippen LogP contribution is -2.47. The molecule has 0 unspecified atom stereocenters. The number of benzene rings is 1. The van der Waals surface area contributed by atoms with Crippen LogP contribution in [0.1, 0.15) is 10.4 Å². The van der Waals surface area contributed by atoms with E-state index in [4.69, 9.17) is 0 Å². The second-order valence-electron chi connectivity index (χ2n) is 6.44. The second kappa shape index (κ2) is 7.09. The molecule has 0 atom stereocenters. The fourth-order valence-corrected chi connectivity index (χ4v) is 3.50. The maximum atomic E-state index is 12.8. The fraction of sp³-hybridized carbons (Fsp3) is 0.263. The lowest BCUT2D eigenvalue weighted by Gasteiger charge is -2.32. The molecule has 1 aliphatic rings. The van der Waals surface area contributed by atoms with Gasteiger partial charge in [0.05, 0.1) is 16.8 Å². The van der Waals surface area contributed by atoms with E-state index in [-0.39, 0.29) is 5.91 Å². The summed E-state index contributed by atoms with van der Waals surface area (Å²) in [4.78, 5) is 30.0. The van der Waals surface area contributed by atoms with Gasteiger partial charge in [-0.1, -0.05) is 15.9 Å². The number of aromatic nitrogens is 3. The van der Waals surface area contributed by atoms with E-state index in [0.29, 0.717) is 5.56 Å². The summed E-state index contributed by atoms with van der Waals surface area (Å²) in [6.07, 6.45) is 4.91. The predicted octanol–water partition coefficient (Wildman–Crippen LogP) is 2.84. The number of halogens is 1. The molecule has 7 heteroatoms. The van der Waals surface area contributed by atoms with E-state index >= 15 is 0 Å². The first-order chi connectivity index (χ1) is 12.6. The molecule has 3 heterocycles. The molecular formula is C19H18BrN5O. The Kier molecular flexibility index (Phi) is 4.65. The van der Waals surface area contributed by atoms with Crippen LogP contribution in [0.3, 0.4) is 0 Å². The molecule has 2 aromatic heterocycles. The molecule has 0 N–H and O–H groups in total. The summed E-state index contributed by atoms with van der Waals surface area (Å²) in [5.74, 6) is 0.0204. The van der Waals surface area contributed by atoms with Crippen LogP contribution in [0.2, 0.25) is 0 Å². The van der Waals surface area contributed by atoms with Crippen molar-refractivity contribution in [2.24, 2.45) is 0 Å². The van der Waals surface area contributed by atoms with Crippen LogP contribution in [0.5, 0.6) is 0 Å². The minimum atomic E-state index is 0.0204. The zero-order chi connectivity index (χ0) is 18.1. The first-order valence-electron chi connectivity index (χ1n) is 8.45. The van der Waals surface area contributed by atoms with E-state index in [0.717, 1.165) is 52.8 Å². The third-order valence-corrected chi connectivity index (χ3v) is 5.14. The number of piperazine rings is 1. The van der Waals surface area contributed by atoms with Gasteiger partial charge in [-0.3, -0.25) is 9.78 Å². The minimum Gasteiger partial charge on any atom is -0.336 e. The van der Waals surface area contributed by atoms with Crippen molar-refractivity contribution in [3.63, 3.8) is 0 Å². The number of pyridine rings is 1. The van der Waals surface area contributed by atoms with Crippen LogP contribution in [0.25, 0.3) is 22.2 Å². The first kappa shape index (κ1) is 17.1. The molecule has 3 aromatic rings. The second-order valence-corrected chi connectivity index (χ2v) is 7.36. The van der Waals surface area contributed by atoms with E-state index in [1.165, 1.54) is 0 Å². The number of hydrogen-bond acceptors (Lipinski definition) is 5. The molecule has 1 saturated heterocycles. The largest absolute Gasteiger partial charge is 0.336 e. The highest BCUT2D eigenvalue weighted by Gasteiger charge is 2.21. The maximum absolute atomic E-state index is 12.8. The summed E-state index contributed by atoms with van der Waals surface area (Å²) in [5.41, 5.74) is 3.04. The smallest absolute Gasteiger partial charge is 0.255 e. The number of amides is 1. The highest BCUT2D eigenvalue weighted by Crippen LogP contribution is 2.28. The average molecular weight is 412 g/mol. The van der Waals surface area contributed by atoms with Crippen molar-refractivity contribution in [2.45, 2.75) is 0 Å². The molecule has 0 saturated carbocycles. The molecule has 0 radical (unpaired) electrons. The van der Waals surface area contributed by atoms with Gasteiger partial charge in [0.2, 0.25) is 0 Å². The van der Waals surface area contributed by atoms with Crippen LogP contribution < -0.4 is 0 Å². The standard InChI is InChI=1S/C19H18BrN5O/c1-24-4-6-25(7-5-24)19(26)14-8-13(10-21-11-14)18-16-9-15(20)2-3-17(16)22-12-23-18/h2-3,8-12H,4-7H2,1H3. The topological polar surface area (TPSA) is 62.2 Å². The van der Waals surface area contributed by atoms with Crippen molar-refractivity contribution in [1.29, 1.82) is 0 Å². The van der Waals surface area contributed by atoms with E-state index < -0.39 is 0 Å². The highest BCUT2D eigenvalue weighted by atomic mass is 79.9. The van der Waals surface area contributed by atoms with Gasteiger partial charge in [-0.05, 0) is 31.3 Å². The van der Waals surface area contributed by atoms with Crippen molar-refractivity contribution in [1.82, 2.24) is 24.8 Å². The van der Waals surface area contributed by atoms with Crippen molar-refractivity contribution in [3.8, 4) is 11.3 Å². The zero-order valence-electron chi connectivity index (χ0n) is 14.4. The van der Waals surface area contributed by atoms with Crippen LogP contribution in [0.15, 0.2) is 47.5 Å². The van der Waals surface area contributed by atoms with Gasteiger partial charge in [0, 0.05) is 54.0 Å². The summed E-state index contributed by atoms with van der Waals surface area (Å²) in [6, 6.07) is 7.75. The molecule has 4 rings (SSSR count). The van der Waals surface area contributed by atoms with Crippen LogP contribution >= 0.6 is 15.9 Å². The van der Waals surface area contributed by atoms with Gasteiger partial charge in [0.1, 0.15) is 6.33 Å². The Morgan fingerprint density at radius 2 is 1.88 bits per heavy atom. The number of nitrogens with zero attached hydrogens (tertiary/aromatic N) is 5. The Labute approximate surface area is 160 Å². The summed E-state index contributed by atoms with van der Waals surface area (Å²) >= 11 is 3.50. The molecular weight excluding hydrogens is 394 g/mol. The maximum Gasteiger partial charge on any atom is 0.255 e. The molecule has 1 aromatic carbocycles. The van der Waals surface area contributed by atoms with Crippen molar-refractivity contribution < 1.29 is 4.79 Å². The third kappa shape index (κ3) is 3.32. The molecule has 26 heavy (non-hydrogen) atoms. The molecule has 1 fully saturated rings. The third-order valence-electron chi connectivity index (χ3n) is 4.65. The molecule has 1 aliphatic heterocycles. The lowest BCUT2D eigenvalue weighted by atomic mass is 10.1. The van der Waals surface area contributed by atoms with E-state index in [9.17, 15) is 4.79 Å². The minimum absolute atomic E-state index is 0.0204.